The van der Waals surface area contributed by atoms with Crippen molar-refractivity contribution in [1.29, 1.82) is 0 Å². The first-order chi connectivity index (χ1) is 17.9. The van der Waals surface area contributed by atoms with Gasteiger partial charge in [0.15, 0.2) is 17.3 Å². The third-order valence-electron chi connectivity index (χ3n) is 7.67. The molecule has 0 aromatic heterocycles. The molecule has 0 bridgehead atoms. The fourth-order valence-electron chi connectivity index (χ4n) is 6.04. The van der Waals surface area contributed by atoms with Crippen LogP contribution in [0.1, 0.15) is 17.9 Å². The summed E-state index contributed by atoms with van der Waals surface area (Å²) in [6.45, 7) is 0.514. The molecular formula is C28H34N4O5. The molecule has 2 N–H and O–H groups in total. The number of carbonyl (C=O) groups excluding carboxylic acids is 2. The van der Waals surface area contributed by atoms with Gasteiger partial charge in [0.1, 0.15) is 0 Å². The molecule has 37 heavy (non-hydrogen) atoms. The van der Waals surface area contributed by atoms with Crippen molar-refractivity contribution in [2.75, 3.05) is 47.0 Å². The van der Waals surface area contributed by atoms with Crippen molar-refractivity contribution in [2.45, 2.75) is 18.5 Å². The fraction of sp³-hybridized carbons (Fsp3) is 0.429. The molecular weight excluding hydrogens is 472 g/mol. The summed E-state index contributed by atoms with van der Waals surface area (Å²) < 4.78 is 16.7. The number of para-hydroxylation sites is 1. The Morgan fingerprint density at radius 1 is 1.00 bits per heavy atom. The second-order valence-corrected chi connectivity index (χ2v) is 9.98. The maximum Gasteiger partial charge on any atom is 0.247 e. The number of rotatable bonds is 6. The number of amides is 1. The van der Waals surface area contributed by atoms with Gasteiger partial charge in [-0.05, 0) is 42.2 Å². The minimum atomic E-state index is -0.367. The first-order valence-corrected chi connectivity index (χ1v) is 12.5. The van der Waals surface area contributed by atoms with Gasteiger partial charge in [0.2, 0.25) is 11.7 Å². The van der Waals surface area contributed by atoms with Gasteiger partial charge in [0.25, 0.3) is 0 Å². The van der Waals surface area contributed by atoms with E-state index in [4.69, 9.17) is 14.2 Å². The summed E-state index contributed by atoms with van der Waals surface area (Å²) in [7, 11) is 8.56. The summed E-state index contributed by atoms with van der Waals surface area (Å²) in [5, 5.41) is 5.05. The number of ether oxygens (including phenoxy) is 3. The maximum absolute atomic E-state index is 14.0. The van der Waals surface area contributed by atoms with Crippen LogP contribution in [-0.4, -0.2) is 64.7 Å². The number of hydrogen-bond acceptors (Lipinski definition) is 8. The number of hydrazine groups is 1. The molecule has 5 unspecified atom stereocenters. The third kappa shape index (κ3) is 4.32. The van der Waals surface area contributed by atoms with E-state index in [0.29, 0.717) is 30.2 Å². The molecule has 3 fully saturated rings. The van der Waals surface area contributed by atoms with Gasteiger partial charge in [-0.2, -0.15) is 0 Å². The Kier molecular flexibility index (Phi) is 6.83. The second kappa shape index (κ2) is 10.1. The molecule has 5 atom stereocenters. The highest BCUT2D eigenvalue weighted by Crippen LogP contribution is 2.50. The average Bonchev–Trinajstić information content (AvgIpc) is 3.26. The number of methoxy groups -OCH3 is 3. The van der Waals surface area contributed by atoms with Crippen molar-refractivity contribution in [3.8, 4) is 17.2 Å². The Labute approximate surface area is 217 Å². The maximum atomic E-state index is 14.0. The van der Waals surface area contributed by atoms with Crippen molar-refractivity contribution in [2.24, 2.45) is 17.8 Å². The number of Topliss-reactive ketones (excluding diaryl/α,β-unsaturated/α-hetero) is 1. The molecule has 2 saturated heterocycles. The van der Waals surface area contributed by atoms with Gasteiger partial charge >= 0.3 is 0 Å². The standard InChI is InChI=1S/C28H34N4O5/c1-31(2)15-21-18(16-11-22(35-3)26(37-5)23(12-16)36-4)13-19-20(25(21)33)14-29-27-24(19)28(34)32(30-27)17-9-7-6-8-10-17/h6-12,15,18-20,24,27,29-30H,13-14H2,1-5H3/b21-15-. The van der Waals surface area contributed by atoms with Gasteiger partial charge in [-0.3, -0.25) is 14.9 Å². The summed E-state index contributed by atoms with van der Waals surface area (Å²) in [4.78, 5) is 29.6. The zero-order chi connectivity index (χ0) is 26.3. The van der Waals surface area contributed by atoms with Crippen LogP contribution in [0, 0.1) is 17.8 Å². The van der Waals surface area contributed by atoms with Crippen LogP contribution in [0.4, 0.5) is 5.69 Å². The quantitative estimate of drug-likeness (QED) is 0.578. The van der Waals surface area contributed by atoms with E-state index in [2.05, 4.69) is 10.7 Å². The van der Waals surface area contributed by atoms with E-state index in [1.165, 1.54) is 0 Å². The molecule has 0 spiro atoms. The molecule has 2 aliphatic heterocycles. The highest BCUT2D eigenvalue weighted by Gasteiger charge is 2.55. The average molecular weight is 507 g/mol. The first-order valence-electron chi connectivity index (χ1n) is 12.5. The molecule has 0 radical (unpaired) electrons. The molecule has 3 aliphatic rings. The van der Waals surface area contributed by atoms with Crippen LogP contribution in [-0.2, 0) is 9.59 Å². The molecule has 9 heteroatoms. The lowest BCUT2D eigenvalue weighted by atomic mass is 9.62. The Morgan fingerprint density at radius 3 is 2.27 bits per heavy atom. The summed E-state index contributed by atoms with van der Waals surface area (Å²) in [5.41, 5.74) is 5.74. The van der Waals surface area contributed by atoms with E-state index in [9.17, 15) is 9.59 Å². The zero-order valence-corrected chi connectivity index (χ0v) is 21.9. The highest BCUT2D eigenvalue weighted by molar-refractivity contribution is 6.02. The number of benzene rings is 2. The minimum absolute atomic E-state index is 0.0186. The van der Waals surface area contributed by atoms with Crippen LogP contribution >= 0.6 is 0 Å². The van der Waals surface area contributed by atoms with E-state index < -0.39 is 0 Å². The van der Waals surface area contributed by atoms with Gasteiger partial charge in [-0.25, -0.2) is 10.4 Å². The van der Waals surface area contributed by atoms with Gasteiger partial charge in [0.05, 0.1) is 39.1 Å². The van der Waals surface area contributed by atoms with E-state index >= 15 is 0 Å². The second-order valence-electron chi connectivity index (χ2n) is 9.98. The number of carbonyl (C=O) groups is 2. The Morgan fingerprint density at radius 2 is 1.68 bits per heavy atom. The third-order valence-corrected chi connectivity index (χ3v) is 7.67. The van der Waals surface area contributed by atoms with Crippen LogP contribution in [0.15, 0.2) is 54.2 Å². The Balaban J connectivity index is 1.56. The van der Waals surface area contributed by atoms with E-state index in [-0.39, 0.29) is 41.5 Å². The number of anilines is 1. The van der Waals surface area contributed by atoms with E-state index in [0.717, 1.165) is 16.8 Å². The van der Waals surface area contributed by atoms with E-state index in [1.807, 2.05) is 67.7 Å². The molecule has 5 rings (SSSR count). The normalized spacial score (nSPS) is 28.1. The molecule has 1 amide bonds. The van der Waals surface area contributed by atoms with Crippen LogP contribution in [0.2, 0.25) is 0 Å². The molecule has 196 valence electrons. The molecule has 1 aliphatic carbocycles. The first kappa shape index (κ1) is 25.1. The number of hydrogen-bond donors (Lipinski definition) is 2. The SMILES string of the molecule is COc1cc(C2CC3C(CNC4NN(c5ccccc5)C(=O)C43)C(=O)/C2=C\N(C)C)cc(OC)c1OC. The molecule has 2 aromatic carbocycles. The highest BCUT2D eigenvalue weighted by atomic mass is 16.5. The Hall–Kier alpha value is -3.56. The number of nitrogens with one attached hydrogen (secondary N) is 2. The van der Waals surface area contributed by atoms with Gasteiger partial charge in [0, 0.05) is 44.2 Å². The fourth-order valence-corrected chi connectivity index (χ4v) is 6.04. The van der Waals surface area contributed by atoms with Gasteiger partial charge in [-0.1, -0.05) is 18.2 Å². The van der Waals surface area contributed by atoms with Crippen LogP contribution < -0.4 is 30.0 Å². The number of piperidine rings is 1. The van der Waals surface area contributed by atoms with Gasteiger partial charge < -0.3 is 19.1 Å². The number of nitrogens with zero attached hydrogens (tertiary/aromatic N) is 2. The number of ketones is 1. The van der Waals surface area contributed by atoms with Crippen molar-refractivity contribution < 1.29 is 23.8 Å². The van der Waals surface area contributed by atoms with Crippen LogP contribution in [0.5, 0.6) is 17.2 Å². The van der Waals surface area contributed by atoms with E-state index in [1.54, 1.807) is 26.3 Å². The lowest BCUT2D eigenvalue weighted by Crippen LogP contribution is -2.58. The van der Waals surface area contributed by atoms with Crippen molar-refractivity contribution >= 4 is 17.4 Å². The van der Waals surface area contributed by atoms with Crippen molar-refractivity contribution in [1.82, 2.24) is 15.6 Å². The molecule has 2 aromatic rings. The van der Waals surface area contributed by atoms with Gasteiger partial charge in [-0.15, -0.1) is 0 Å². The van der Waals surface area contributed by atoms with Crippen molar-refractivity contribution in [3.05, 3.63) is 59.8 Å². The topological polar surface area (TPSA) is 92.4 Å². The van der Waals surface area contributed by atoms with Crippen molar-refractivity contribution in [3.63, 3.8) is 0 Å². The summed E-state index contributed by atoms with van der Waals surface area (Å²) in [6.07, 6.45) is 2.32. The largest absolute Gasteiger partial charge is 0.493 e. The monoisotopic (exact) mass is 506 g/mol. The zero-order valence-electron chi connectivity index (χ0n) is 21.9. The summed E-state index contributed by atoms with van der Waals surface area (Å²) in [6, 6.07) is 13.4. The Bertz CT molecular complexity index is 1190. The molecule has 1 saturated carbocycles. The summed E-state index contributed by atoms with van der Waals surface area (Å²) >= 11 is 0. The molecule has 9 nitrogen and oxygen atoms in total. The van der Waals surface area contributed by atoms with Crippen LogP contribution in [0.25, 0.3) is 0 Å². The molecule has 2 heterocycles. The minimum Gasteiger partial charge on any atom is -0.493 e. The lowest BCUT2D eigenvalue weighted by molar-refractivity contribution is -0.130. The smallest absolute Gasteiger partial charge is 0.247 e. The lowest BCUT2D eigenvalue weighted by Gasteiger charge is -2.44. The van der Waals surface area contributed by atoms with Crippen LogP contribution in [0.3, 0.4) is 0 Å². The number of allylic oxidation sites excluding steroid dienone is 1. The number of fused-ring (bicyclic) bond motifs is 3. The predicted octanol–water partition coefficient (Wildman–Crippen LogP) is 2.54. The predicted molar refractivity (Wildman–Crippen MR) is 140 cm³/mol. The summed E-state index contributed by atoms with van der Waals surface area (Å²) in [5.74, 6) is 0.608.